The fourth-order valence-electron chi connectivity index (χ4n) is 2.78. The van der Waals surface area contributed by atoms with Crippen molar-refractivity contribution in [2.45, 2.75) is 31.5 Å². The van der Waals surface area contributed by atoms with Crippen molar-refractivity contribution < 1.29 is 36.7 Å². The van der Waals surface area contributed by atoms with Crippen molar-refractivity contribution in [1.82, 2.24) is 0 Å². The topological polar surface area (TPSA) is 102 Å². The highest BCUT2D eigenvalue weighted by Crippen LogP contribution is 2.33. The van der Waals surface area contributed by atoms with Crippen LogP contribution in [0.4, 0.5) is 4.39 Å². The second kappa shape index (κ2) is 10.9. The van der Waals surface area contributed by atoms with Crippen molar-refractivity contribution in [2.75, 3.05) is 32.8 Å². The first-order valence-corrected chi connectivity index (χ1v) is 11.6. The van der Waals surface area contributed by atoms with Gasteiger partial charge in [-0.2, -0.15) is 8.42 Å². The lowest BCUT2D eigenvalue weighted by Crippen LogP contribution is -2.25. The Morgan fingerprint density at radius 2 is 1.26 bits per heavy atom. The summed E-state index contributed by atoms with van der Waals surface area (Å²) in [6.07, 6.45) is -1.29. The van der Waals surface area contributed by atoms with Gasteiger partial charge in [0.1, 0.15) is 43.6 Å². The summed E-state index contributed by atoms with van der Waals surface area (Å²) in [6, 6.07) is 14.8. The molecule has 0 saturated heterocycles. The molecule has 0 bridgehead atoms. The predicted octanol–water partition coefficient (Wildman–Crippen LogP) is 2.44. The van der Waals surface area contributed by atoms with E-state index in [0.29, 0.717) is 11.5 Å². The first kappa shape index (κ1) is 25.1. The molecule has 0 aliphatic rings. The second-order valence-electron chi connectivity index (χ2n) is 7.75. The van der Waals surface area contributed by atoms with E-state index < -0.39 is 29.0 Å². The zero-order valence-corrected chi connectivity index (χ0v) is 18.6. The van der Waals surface area contributed by atoms with Crippen molar-refractivity contribution in [2.24, 2.45) is 0 Å². The molecule has 0 aliphatic carbocycles. The minimum Gasteiger partial charge on any atom is -0.491 e. The van der Waals surface area contributed by atoms with Gasteiger partial charge in [0.25, 0.3) is 10.1 Å². The van der Waals surface area contributed by atoms with E-state index >= 15 is 0 Å². The van der Waals surface area contributed by atoms with Crippen molar-refractivity contribution in [3.05, 3.63) is 59.7 Å². The van der Waals surface area contributed by atoms with Crippen molar-refractivity contribution in [1.29, 1.82) is 0 Å². The third-order valence-electron chi connectivity index (χ3n) is 4.69. The Morgan fingerprint density at radius 1 is 0.839 bits per heavy atom. The molecule has 2 rings (SSSR count). The lowest BCUT2D eigenvalue weighted by atomic mass is 9.78. The summed E-state index contributed by atoms with van der Waals surface area (Å²) < 4.78 is 49.6. The zero-order valence-electron chi connectivity index (χ0n) is 17.8. The number of ether oxygens (including phenoxy) is 2. The lowest BCUT2D eigenvalue weighted by molar-refractivity contribution is 0.0652. The highest BCUT2D eigenvalue weighted by atomic mass is 32.2. The van der Waals surface area contributed by atoms with E-state index in [4.69, 9.17) is 9.47 Å². The first-order chi connectivity index (χ1) is 14.5. The minimum absolute atomic E-state index is 0.100. The highest BCUT2D eigenvalue weighted by molar-refractivity contribution is 7.85. The molecule has 2 aromatic carbocycles. The average molecular weight is 457 g/mol. The van der Waals surface area contributed by atoms with E-state index in [0.717, 1.165) is 17.4 Å². The Bertz CT molecular complexity index is 912. The monoisotopic (exact) mass is 456 g/mol. The van der Waals surface area contributed by atoms with Gasteiger partial charge >= 0.3 is 0 Å². The molecule has 0 amide bonds. The van der Waals surface area contributed by atoms with E-state index in [9.17, 15) is 23.0 Å². The third kappa shape index (κ3) is 8.10. The molecule has 0 radical (unpaired) electrons. The Labute approximate surface area is 182 Å². The van der Waals surface area contributed by atoms with Gasteiger partial charge < -0.3 is 19.7 Å². The molecule has 172 valence electrons. The minimum atomic E-state index is -3.61. The van der Waals surface area contributed by atoms with Crippen LogP contribution in [0.15, 0.2) is 48.5 Å². The number of aliphatic hydroxyl groups is 2. The Kier molecular flexibility index (Phi) is 8.81. The summed E-state index contributed by atoms with van der Waals surface area (Å²) in [4.78, 5) is 0. The predicted molar refractivity (Wildman–Crippen MR) is 115 cm³/mol. The zero-order chi connectivity index (χ0) is 23.1. The molecule has 0 spiro atoms. The number of alkyl halides is 1. The first-order valence-electron chi connectivity index (χ1n) is 9.74. The maximum Gasteiger partial charge on any atom is 0.264 e. The molecular weight excluding hydrogens is 427 g/mol. The van der Waals surface area contributed by atoms with Crippen LogP contribution in [-0.4, -0.2) is 63.6 Å². The van der Waals surface area contributed by atoms with Crippen molar-refractivity contribution in [3.63, 3.8) is 0 Å². The molecule has 0 heterocycles. The van der Waals surface area contributed by atoms with E-state index in [1.807, 2.05) is 24.3 Å². The largest absolute Gasteiger partial charge is 0.491 e. The smallest absolute Gasteiger partial charge is 0.264 e. The summed E-state index contributed by atoms with van der Waals surface area (Å²) in [6.45, 7) is 2.72. The van der Waals surface area contributed by atoms with Crippen LogP contribution in [0.5, 0.6) is 11.5 Å². The summed E-state index contributed by atoms with van der Waals surface area (Å²) in [5.41, 5.74) is 1.74. The summed E-state index contributed by atoms with van der Waals surface area (Å²) in [5, 5.41) is 19.0. The Hall–Kier alpha value is -2.20. The van der Waals surface area contributed by atoms with Gasteiger partial charge in [0.15, 0.2) is 0 Å². The van der Waals surface area contributed by atoms with Crippen LogP contribution in [0.1, 0.15) is 25.0 Å². The molecule has 7 nitrogen and oxygen atoms in total. The molecule has 0 fully saturated rings. The summed E-state index contributed by atoms with van der Waals surface area (Å²) in [5.74, 6) is 1.09. The van der Waals surface area contributed by atoms with Gasteiger partial charge in [-0.25, -0.2) is 4.39 Å². The number of aliphatic hydroxyl groups excluding tert-OH is 2. The summed E-state index contributed by atoms with van der Waals surface area (Å²) in [7, 11) is -3.61. The van der Waals surface area contributed by atoms with Crippen LogP contribution in [0.3, 0.4) is 0 Å². The molecule has 0 saturated carbocycles. The molecule has 2 N–H and O–H groups in total. The Morgan fingerprint density at radius 3 is 1.65 bits per heavy atom. The van der Waals surface area contributed by atoms with Crippen molar-refractivity contribution >= 4 is 10.1 Å². The van der Waals surface area contributed by atoms with Crippen LogP contribution in [0.25, 0.3) is 0 Å². The van der Waals surface area contributed by atoms with Gasteiger partial charge in [-0.1, -0.05) is 38.1 Å². The van der Waals surface area contributed by atoms with Crippen LogP contribution < -0.4 is 9.47 Å². The maximum atomic E-state index is 12.3. The van der Waals surface area contributed by atoms with E-state index in [1.165, 1.54) is 0 Å². The number of rotatable bonds is 12. The van der Waals surface area contributed by atoms with Crippen LogP contribution in [0.2, 0.25) is 0 Å². The standard InChI is InChI=1S/C22H29FO7S/c1-22(2,16-4-8-20(9-5-16)28-13-18(24)12-23)17-6-10-21(11-7-17)29-14-19(25)15-30-31(3,26)27/h4-11,18-19,24-25H,12-15H2,1-3H3. The molecule has 2 atom stereocenters. The van der Waals surface area contributed by atoms with Gasteiger partial charge in [-0.05, 0) is 35.4 Å². The van der Waals surface area contributed by atoms with Gasteiger partial charge in [0.2, 0.25) is 0 Å². The Balaban J connectivity index is 1.96. The maximum absolute atomic E-state index is 12.3. The molecule has 2 unspecified atom stereocenters. The number of hydrogen-bond donors (Lipinski definition) is 2. The highest BCUT2D eigenvalue weighted by Gasteiger charge is 2.23. The molecular formula is C22H29FO7S. The third-order valence-corrected chi connectivity index (χ3v) is 5.25. The molecule has 0 aliphatic heterocycles. The van der Waals surface area contributed by atoms with Gasteiger partial charge in [-0.3, -0.25) is 4.18 Å². The summed E-state index contributed by atoms with van der Waals surface area (Å²) >= 11 is 0. The normalized spacial score (nSPS) is 14.1. The van der Waals surface area contributed by atoms with Crippen LogP contribution >= 0.6 is 0 Å². The average Bonchev–Trinajstić information content (AvgIpc) is 2.74. The van der Waals surface area contributed by atoms with Crippen LogP contribution in [0, 0.1) is 0 Å². The fraction of sp³-hybridized carbons (Fsp3) is 0.455. The van der Waals surface area contributed by atoms with Crippen molar-refractivity contribution in [3.8, 4) is 11.5 Å². The number of halogens is 1. The molecule has 2 aromatic rings. The van der Waals surface area contributed by atoms with Crippen LogP contribution in [-0.2, 0) is 19.7 Å². The van der Waals surface area contributed by atoms with E-state index in [1.54, 1.807) is 24.3 Å². The molecule has 9 heteroatoms. The van der Waals surface area contributed by atoms with Gasteiger partial charge in [-0.15, -0.1) is 0 Å². The quantitative estimate of drug-likeness (QED) is 0.473. The molecule has 0 aromatic heterocycles. The number of benzene rings is 2. The second-order valence-corrected chi connectivity index (χ2v) is 9.39. The van der Waals surface area contributed by atoms with E-state index in [2.05, 4.69) is 18.0 Å². The van der Waals surface area contributed by atoms with E-state index in [-0.39, 0.29) is 25.2 Å². The molecule has 31 heavy (non-hydrogen) atoms. The fourth-order valence-corrected chi connectivity index (χ4v) is 3.19. The number of hydrogen-bond acceptors (Lipinski definition) is 7. The SMILES string of the molecule is CC(C)(c1ccc(OCC(O)CF)cc1)c1ccc(OCC(O)COS(C)(=O)=O)cc1. The lowest BCUT2D eigenvalue weighted by Gasteiger charge is -2.26. The van der Waals surface area contributed by atoms with Gasteiger partial charge in [0, 0.05) is 5.41 Å². The van der Waals surface area contributed by atoms with Gasteiger partial charge in [0.05, 0.1) is 12.9 Å².